The Labute approximate surface area is 134 Å². The zero-order valence-electron chi connectivity index (χ0n) is 14.3. The Hall–Kier alpha value is -0.610. The van der Waals surface area contributed by atoms with Gasteiger partial charge in [-0.25, -0.2) is 4.98 Å². The van der Waals surface area contributed by atoms with E-state index in [1.54, 1.807) is 0 Å². The van der Waals surface area contributed by atoms with Crippen LogP contribution in [0.2, 0.25) is 0 Å². The van der Waals surface area contributed by atoms with E-state index in [2.05, 4.69) is 44.8 Å². The van der Waals surface area contributed by atoms with Crippen LogP contribution in [0.15, 0.2) is 0 Å². The van der Waals surface area contributed by atoms with E-state index in [9.17, 15) is 0 Å². The number of anilines is 1. The molecule has 21 heavy (non-hydrogen) atoms. The number of thiazole rings is 1. The molecule has 1 N–H and O–H groups in total. The van der Waals surface area contributed by atoms with E-state index in [4.69, 9.17) is 4.98 Å². The van der Waals surface area contributed by atoms with Gasteiger partial charge in [-0.1, -0.05) is 34.6 Å². The third-order valence-electron chi connectivity index (χ3n) is 4.39. The minimum absolute atomic E-state index is 0.523. The lowest BCUT2D eigenvalue weighted by atomic mass is 10.0. The molecule has 4 heteroatoms. The third kappa shape index (κ3) is 4.43. The van der Waals surface area contributed by atoms with Crippen LogP contribution in [0, 0.1) is 5.92 Å². The van der Waals surface area contributed by atoms with Crippen molar-refractivity contribution < 1.29 is 0 Å². The molecule has 0 spiro atoms. The van der Waals surface area contributed by atoms with Gasteiger partial charge in [-0.3, -0.25) is 0 Å². The Morgan fingerprint density at radius 3 is 2.76 bits per heavy atom. The molecule has 0 bridgehead atoms. The van der Waals surface area contributed by atoms with E-state index in [0.29, 0.717) is 12.0 Å². The average molecular weight is 310 g/mol. The summed E-state index contributed by atoms with van der Waals surface area (Å²) < 4.78 is 0. The van der Waals surface area contributed by atoms with Crippen LogP contribution in [0.5, 0.6) is 0 Å². The van der Waals surface area contributed by atoms with Crippen LogP contribution in [0.1, 0.15) is 70.4 Å². The summed E-state index contributed by atoms with van der Waals surface area (Å²) in [5, 5.41) is 4.81. The maximum absolute atomic E-state index is 5.02. The fourth-order valence-corrected chi connectivity index (χ4v) is 4.02. The number of hydrogen-bond acceptors (Lipinski definition) is 4. The number of piperidine rings is 1. The summed E-state index contributed by atoms with van der Waals surface area (Å²) in [6.45, 7) is 14.6. The van der Waals surface area contributed by atoms with Crippen molar-refractivity contribution in [2.24, 2.45) is 5.92 Å². The van der Waals surface area contributed by atoms with E-state index < -0.39 is 0 Å². The summed E-state index contributed by atoms with van der Waals surface area (Å²) in [7, 11) is 0. The first-order valence-electron chi connectivity index (χ1n) is 8.49. The topological polar surface area (TPSA) is 28.2 Å². The van der Waals surface area contributed by atoms with Crippen LogP contribution < -0.4 is 10.2 Å². The van der Waals surface area contributed by atoms with Gasteiger partial charge >= 0.3 is 0 Å². The van der Waals surface area contributed by atoms with Crippen LogP contribution in [-0.4, -0.2) is 24.1 Å². The van der Waals surface area contributed by atoms with Gasteiger partial charge in [0, 0.05) is 30.6 Å². The minimum atomic E-state index is 0.523. The first-order chi connectivity index (χ1) is 10.0. The highest BCUT2D eigenvalue weighted by Gasteiger charge is 2.22. The van der Waals surface area contributed by atoms with Gasteiger partial charge in [-0.2, -0.15) is 0 Å². The van der Waals surface area contributed by atoms with Crippen molar-refractivity contribution in [2.75, 3.05) is 18.0 Å². The maximum Gasteiger partial charge on any atom is 0.185 e. The number of nitrogens with one attached hydrogen (secondary N) is 1. The minimum Gasteiger partial charge on any atom is -0.348 e. The van der Waals surface area contributed by atoms with Gasteiger partial charge in [0.25, 0.3) is 0 Å². The summed E-state index contributed by atoms with van der Waals surface area (Å²) in [5.41, 5.74) is 1.32. The lowest BCUT2D eigenvalue weighted by Gasteiger charge is -2.30. The number of aromatic nitrogens is 1. The molecular weight excluding hydrogens is 278 g/mol. The Morgan fingerprint density at radius 1 is 1.38 bits per heavy atom. The van der Waals surface area contributed by atoms with Crippen molar-refractivity contribution in [1.82, 2.24) is 10.3 Å². The largest absolute Gasteiger partial charge is 0.348 e. The number of hydrogen-bond donors (Lipinski definition) is 1. The quantitative estimate of drug-likeness (QED) is 0.844. The highest BCUT2D eigenvalue weighted by Crippen LogP contribution is 2.34. The lowest BCUT2D eigenvalue weighted by molar-refractivity contribution is 0.446. The summed E-state index contributed by atoms with van der Waals surface area (Å²) in [4.78, 5) is 8.96. The van der Waals surface area contributed by atoms with Crippen LogP contribution in [0.25, 0.3) is 0 Å². The molecule has 2 unspecified atom stereocenters. The van der Waals surface area contributed by atoms with Gasteiger partial charge in [0.05, 0.1) is 5.69 Å². The molecule has 0 radical (unpaired) electrons. The van der Waals surface area contributed by atoms with Crippen LogP contribution >= 0.6 is 11.3 Å². The van der Waals surface area contributed by atoms with E-state index in [1.165, 1.54) is 41.6 Å². The summed E-state index contributed by atoms with van der Waals surface area (Å²) in [6, 6.07) is 0.523. The Kier molecular flexibility index (Phi) is 6.06. The molecule has 1 fully saturated rings. The van der Waals surface area contributed by atoms with Crippen molar-refractivity contribution in [1.29, 1.82) is 0 Å². The van der Waals surface area contributed by atoms with Crippen molar-refractivity contribution in [3.8, 4) is 0 Å². The predicted molar refractivity (Wildman–Crippen MR) is 93.4 cm³/mol. The second-order valence-electron chi connectivity index (χ2n) is 6.84. The molecule has 0 saturated carbocycles. The van der Waals surface area contributed by atoms with Crippen LogP contribution in [0.4, 0.5) is 5.13 Å². The SMILES string of the molecule is CCC(C)c1nc(N2CCCC(C)C2)sc1CNC(C)C. The Bertz CT molecular complexity index is 441. The molecule has 0 amide bonds. The lowest BCUT2D eigenvalue weighted by Crippen LogP contribution is -2.34. The van der Waals surface area contributed by atoms with Crippen LogP contribution in [0.3, 0.4) is 0 Å². The van der Waals surface area contributed by atoms with Gasteiger partial charge in [0.15, 0.2) is 5.13 Å². The zero-order chi connectivity index (χ0) is 15.4. The molecule has 0 aromatic carbocycles. The fraction of sp³-hybridized carbons (Fsp3) is 0.824. The first kappa shape index (κ1) is 16.8. The van der Waals surface area contributed by atoms with Gasteiger partial charge in [-0.05, 0) is 31.1 Å². The highest BCUT2D eigenvalue weighted by atomic mass is 32.1. The van der Waals surface area contributed by atoms with Crippen molar-refractivity contribution in [3.05, 3.63) is 10.6 Å². The standard InChI is InChI=1S/C17H31N3S/c1-6-14(5)16-15(10-18-12(2)3)21-17(19-16)20-9-7-8-13(4)11-20/h12-14,18H,6-11H2,1-5H3. The Morgan fingerprint density at radius 2 is 2.14 bits per heavy atom. The summed E-state index contributed by atoms with van der Waals surface area (Å²) in [5.74, 6) is 1.35. The third-order valence-corrected chi connectivity index (χ3v) is 5.53. The van der Waals surface area contributed by atoms with Crippen LogP contribution in [-0.2, 0) is 6.54 Å². The molecule has 2 rings (SSSR count). The number of rotatable bonds is 6. The molecule has 0 aliphatic carbocycles. The molecule has 2 heterocycles. The monoisotopic (exact) mass is 309 g/mol. The second-order valence-corrected chi connectivity index (χ2v) is 7.91. The summed E-state index contributed by atoms with van der Waals surface area (Å²) >= 11 is 1.91. The molecule has 120 valence electrons. The Balaban J connectivity index is 2.18. The van der Waals surface area contributed by atoms with Gasteiger partial charge in [0.1, 0.15) is 0 Å². The van der Waals surface area contributed by atoms with Crippen molar-refractivity contribution >= 4 is 16.5 Å². The second kappa shape index (κ2) is 7.59. The predicted octanol–water partition coefficient (Wildman–Crippen LogP) is 4.39. The highest BCUT2D eigenvalue weighted by molar-refractivity contribution is 7.15. The van der Waals surface area contributed by atoms with E-state index in [0.717, 1.165) is 18.9 Å². The van der Waals surface area contributed by atoms with E-state index >= 15 is 0 Å². The molecule has 1 aliphatic rings. The summed E-state index contributed by atoms with van der Waals surface area (Å²) in [6.07, 6.45) is 3.83. The zero-order valence-corrected chi connectivity index (χ0v) is 15.1. The van der Waals surface area contributed by atoms with Crippen molar-refractivity contribution in [3.63, 3.8) is 0 Å². The molecule has 1 aromatic rings. The molecular formula is C17H31N3S. The smallest absolute Gasteiger partial charge is 0.185 e. The van der Waals surface area contributed by atoms with Gasteiger partial charge in [-0.15, -0.1) is 11.3 Å². The fourth-order valence-electron chi connectivity index (χ4n) is 2.85. The molecule has 1 aromatic heterocycles. The normalized spacial score (nSPS) is 21.0. The molecule has 2 atom stereocenters. The molecule has 3 nitrogen and oxygen atoms in total. The van der Waals surface area contributed by atoms with E-state index in [1.807, 2.05) is 11.3 Å². The van der Waals surface area contributed by atoms with E-state index in [-0.39, 0.29) is 0 Å². The van der Waals surface area contributed by atoms with Crippen molar-refractivity contribution in [2.45, 2.75) is 72.4 Å². The van der Waals surface area contributed by atoms with Gasteiger partial charge in [0.2, 0.25) is 0 Å². The number of nitrogens with zero attached hydrogens (tertiary/aromatic N) is 2. The molecule has 1 saturated heterocycles. The average Bonchev–Trinajstić information content (AvgIpc) is 2.88. The molecule has 1 aliphatic heterocycles. The first-order valence-corrected chi connectivity index (χ1v) is 9.30. The van der Waals surface area contributed by atoms with Gasteiger partial charge < -0.3 is 10.2 Å². The maximum atomic E-state index is 5.02.